The maximum atomic E-state index is 13.8. The van der Waals surface area contributed by atoms with E-state index in [-0.39, 0.29) is 11.0 Å². The highest BCUT2D eigenvalue weighted by atomic mass is 79.9. The first-order chi connectivity index (χ1) is 17.8. The summed E-state index contributed by atoms with van der Waals surface area (Å²) < 4.78 is 4.57. The van der Waals surface area contributed by atoms with Gasteiger partial charge in [-0.3, -0.25) is 14.1 Å². The second kappa shape index (κ2) is 9.48. The number of piperidine rings is 1. The average Bonchev–Trinajstić information content (AvgIpc) is 3.28. The molecular formula is C29H33BrN6O. The zero-order valence-corrected chi connectivity index (χ0v) is 23.3. The van der Waals surface area contributed by atoms with Gasteiger partial charge in [0.2, 0.25) is 0 Å². The highest BCUT2D eigenvalue weighted by Crippen LogP contribution is 2.51. The second-order valence-corrected chi connectivity index (χ2v) is 12.1. The average molecular weight is 562 g/mol. The Kier molecular flexibility index (Phi) is 6.27. The van der Waals surface area contributed by atoms with Gasteiger partial charge in [0.1, 0.15) is 12.2 Å². The van der Waals surface area contributed by atoms with Crippen LogP contribution in [0.25, 0.3) is 16.8 Å². The van der Waals surface area contributed by atoms with Crippen LogP contribution in [-0.2, 0) is 19.0 Å². The molecule has 7 nitrogen and oxygen atoms in total. The van der Waals surface area contributed by atoms with E-state index in [4.69, 9.17) is 4.98 Å². The third-order valence-electron chi connectivity index (χ3n) is 8.22. The largest absolute Gasteiger partial charge is 0.320 e. The fraction of sp³-hybridized carbons (Fsp3) is 0.448. The highest BCUT2D eigenvalue weighted by Gasteiger charge is 2.48. The molecule has 0 radical (unpaired) electrons. The van der Waals surface area contributed by atoms with E-state index in [0.717, 1.165) is 53.9 Å². The first kappa shape index (κ1) is 24.5. The number of likely N-dealkylation sites (tertiary alicyclic amines) is 1. The van der Waals surface area contributed by atoms with Crippen LogP contribution in [0.3, 0.4) is 0 Å². The van der Waals surface area contributed by atoms with Gasteiger partial charge in [0.05, 0.1) is 15.5 Å². The van der Waals surface area contributed by atoms with Gasteiger partial charge in [-0.1, -0.05) is 32.0 Å². The normalized spacial score (nSPS) is 24.3. The lowest BCUT2D eigenvalue weighted by Gasteiger charge is -2.46. The number of halogens is 1. The number of aromatic nitrogens is 5. The van der Waals surface area contributed by atoms with E-state index in [0.29, 0.717) is 23.0 Å². The fourth-order valence-electron chi connectivity index (χ4n) is 6.55. The molecule has 1 aliphatic carbocycles. The van der Waals surface area contributed by atoms with Crippen LogP contribution in [0.1, 0.15) is 56.5 Å². The van der Waals surface area contributed by atoms with Crippen molar-refractivity contribution in [1.82, 2.24) is 29.0 Å². The molecule has 8 heteroatoms. The number of benzene rings is 1. The Bertz CT molecular complexity index is 1520. The van der Waals surface area contributed by atoms with E-state index in [9.17, 15) is 4.79 Å². The number of pyridine rings is 1. The smallest absolute Gasteiger partial charge is 0.265 e. The van der Waals surface area contributed by atoms with Crippen molar-refractivity contribution in [2.24, 2.45) is 18.9 Å². The summed E-state index contributed by atoms with van der Waals surface area (Å²) >= 11 is 3.67. The molecule has 192 valence electrons. The highest BCUT2D eigenvalue weighted by molar-refractivity contribution is 9.10. The summed E-state index contributed by atoms with van der Waals surface area (Å²) in [5, 5.41) is 8.63. The van der Waals surface area contributed by atoms with Gasteiger partial charge in [0, 0.05) is 32.5 Å². The molecule has 0 unspecified atom stereocenters. The first-order valence-electron chi connectivity index (χ1n) is 13.2. The number of nitrogens with zero attached hydrogens (tertiary/aromatic N) is 6. The number of hydrogen-bond acceptors (Lipinski definition) is 5. The Balaban J connectivity index is 1.39. The van der Waals surface area contributed by atoms with Gasteiger partial charge >= 0.3 is 0 Å². The van der Waals surface area contributed by atoms with Gasteiger partial charge in [0.25, 0.3) is 5.56 Å². The minimum Gasteiger partial charge on any atom is -0.320 e. The summed E-state index contributed by atoms with van der Waals surface area (Å²) in [5.41, 5.74) is 4.21. The predicted octanol–water partition coefficient (Wildman–Crippen LogP) is 5.20. The summed E-state index contributed by atoms with van der Waals surface area (Å²) in [6, 6.07) is 10.5. The minimum absolute atomic E-state index is 0.0496. The van der Waals surface area contributed by atoms with E-state index in [1.807, 2.05) is 29.9 Å². The van der Waals surface area contributed by atoms with Crippen molar-refractivity contribution in [3.05, 3.63) is 80.8 Å². The van der Waals surface area contributed by atoms with Crippen LogP contribution in [0.5, 0.6) is 0 Å². The molecule has 1 aliphatic heterocycles. The Labute approximate surface area is 225 Å². The molecule has 1 aromatic carbocycles. The van der Waals surface area contributed by atoms with Crippen LogP contribution in [-0.4, -0.2) is 42.1 Å². The molecule has 1 saturated heterocycles. The van der Waals surface area contributed by atoms with Crippen molar-refractivity contribution in [2.75, 3.05) is 13.1 Å². The molecule has 0 amide bonds. The molecule has 1 saturated carbocycles. The summed E-state index contributed by atoms with van der Waals surface area (Å²) in [4.78, 5) is 21.0. The zero-order valence-electron chi connectivity index (χ0n) is 21.7. The maximum absolute atomic E-state index is 13.8. The van der Waals surface area contributed by atoms with Gasteiger partial charge in [-0.2, -0.15) is 0 Å². The molecule has 37 heavy (non-hydrogen) atoms. The van der Waals surface area contributed by atoms with Gasteiger partial charge in [-0.05, 0) is 88.8 Å². The first-order valence-corrected chi connectivity index (χ1v) is 14.0. The Morgan fingerprint density at radius 2 is 2.00 bits per heavy atom. The molecule has 2 aliphatic rings. The Morgan fingerprint density at radius 3 is 2.73 bits per heavy atom. The fourth-order valence-corrected chi connectivity index (χ4v) is 7.13. The van der Waals surface area contributed by atoms with Gasteiger partial charge < -0.3 is 4.57 Å². The third kappa shape index (κ3) is 4.34. The molecule has 0 spiro atoms. The molecule has 0 bridgehead atoms. The van der Waals surface area contributed by atoms with E-state index < -0.39 is 0 Å². The maximum Gasteiger partial charge on any atom is 0.265 e. The number of hydrogen-bond donors (Lipinski definition) is 0. The topological polar surface area (TPSA) is 68.3 Å². The SMILES string of the molecule is CC1CC(c2cccc(-c3cnc4c(Br)cc(CN5CCC[C@H](C)C5)cn4c3=O)c2)(c2nncn2C)C1. The molecule has 4 aromatic rings. The second-order valence-electron chi connectivity index (χ2n) is 11.3. The van der Waals surface area contributed by atoms with E-state index in [2.05, 4.69) is 63.1 Å². The summed E-state index contributed by atoms with van der Waals surface area (Å²) in [6.45, 7) is 7.63. The van der Waals surface area contributed by atoms with Crippen LogP contribution < -0.4 is 5.56 Å². The summed E-state index contributed by atoms with van der Waals surface area (Å²) in [7, 11) is 2.00. The Hall–Kier alpha value is -2.84. The lowest BCUT2D eigenvalue weighted by atomic mass is 9.58. The van der Waals surface area contributed by atoms with Crippen molar-refractivity contribution < 1.29 is 0 Å². The van der Waals surface area contributed by atoms with Crippen molar-refractivity contribution >= 4 is 21.6 Å². The van der Waals surface area contributed by atoms with Crippen LogP contribution >= 0.6 is 15.9 Å². The zero-order chi connectivity index (χ0) is 25.7. The van der Waals surface area contributed by atoms with Crippen LogP contribution in [0.4, 0.5) is 0 Å². The standard InChI is InChI=1S/C29H33BrN6O/c1-19-6-5-9-35(15-19)16-21-10-25(30)26-31-14-24(27(37)36(26)17-21)22-7-4-8-23(11-22)29(12-20(2)13-29)28-33-32-18-34(28)3/h4,7-8,10-11,14,17-20H,5-6,9,12-13,15-16H2,1-3H3/t19-,20?,29?/m0/s1. The molecule has 4 heterocycles. The molecular weight excluding hydrogens is 528 g/mol. The Morgan fingerprint density at radius 1 is 1.16 bits per heavy atom. The molecule has 0 N–H and O–H groups in total. The number of aryl methyl sites for hydroxylation is 1. The van der Waals surface area contributed by atoms with Crippen molar-refractivity contribution in [1.29, 1.82) is 0 Å². The quantitative estimate of drug-likeness (QED) is 0.335. The summed E-state index contributed by atoms with van der Waals surface area (Å²) in [6.07, 6.45) is 10.0. The predicted molar refractivity (Wildman–Crippen MR) is 148 cm³/mol. The number of rotatable bonds is 5. The van der Waals surface area contributed by atoms with E-state index >= 15 is 0 Å². The lowest BCUT2D eigenvalue weighted by molar-refractivity contribution is 0.176. The lowest BCUT2D eigenvalue weighted by Crippen LogP contribution is -2.43. The van der Waals surface area contributed by atoms with E-state index in [1.54, 1.807) is 16.9 Å². The van der Waals surface area contributed by atoms with E-state index in [1.165, 1.54) is 18.4 Å². The monoisotopic (exact) mass is 560 g/mol. The van der Waals surface area contributed by atoms with Gasteiger partial charge in [-0.25, -0.2) is 4.98 Å². The van der Waals surface area contributed by atoms with Crippen LogP contribution in [0, 0.1) is 11.8 Å². The molecule has 1 atom stereocenters. The van der Waals surface area contributed by atoms with Gasteiger partial charge in [0.15, 0.2) is 5.65 Å². The van der Waals surface area contributed by atoms with Crippen LogP contribution in [0.15, 0.2) is 58.3 Å². The molecule has 6 rings (SSSR count). The minimum atomic E-state index is -0.178. The van der Waals surface area contributed by atoms with Crippen molar-refractivity contribution in [3.8, 4) is 11.1 Å². The van der Waals surface area contributed by atoms with Gasteiger partial charge in [-0.15, -0.1) is 10.2 Å². The van der Waals surface area contributed by atoms with Crippen LogP contribution in [0.2, 0.25) is 0 Å². The number of fused-ring (bicyclic) bond motifs is 1. The van der Waals surface area contributed by atoms with Crippen molar-refractivity contribution in [2.45, 2.75) is 51.5 Å². The summed E-state index contributed by atoms with van der Waals surface area (Å²) in [5.74, 6) is 2.31. The molecule has 3 aromatic heterocycles. The third-order valence-corrected chi connectivity index (χ3v) is 8.80. The molecule has 2 fully saturated rings. The van der Waals surface area contributed by atoms with Crippen molar-refractivity contribution in [3.63, 3.8) is 0 Å².